The molecule has 0 atom stereocenters. The number of nitrogens with zero attached hydrogens (tertiary/aromatic N) is 1. The second kappa shape index (κ2) is 8.29. The molecule has 0 saturated heterocycles. The predicted octanol–water partition coefficient (Wildman–Crippen LogP) is 3.83. The Balaban J connectivity index is 2.04. The zero-order valence-corrected chi connectivity index (χ0v) is 13.5. The van der Waals surface area contributed by atoms with Crippen molar-refractivity contribution in [3.05, 3.63) is 71.8 Å². The lowest BCUT2D eigenvalue weighted by molar-refractivity contribution is -0.116. The highest BCUT2D eigenvalue weighted by Gasteiger charge is 2.13. The summed E-state index contributed by atoms with van der Waals surface area (Å²) in [7, 11) is 3.80. The van der Waals surface area contributed by atoms with E-state index in [1.165, 1.54) is 11.8 Å². The maximum atomic E-state index is 12.4. The minimum Gasteiger partial charge on any atom is -0.485 e. The fraction of sp³-hybridized carbons (Fsp3) is 0.167. The van der Waals surface area contributed by atoms with Crippen LogP contribution in [0.1, 0.15) is 0 Å². The van der Waals surface area contributed by atoms with Gasteiger partial charge in [-0.05, 0) is 24.3 Å². The quantitative estimate of drug-likeness (QED) is 0.574. The van der Waals surface area contributed by atoms with Gasteiger partial charge < -0.3 is 9.64 Å². The standard InChI is InChI=1S/C18H19NO2S/c1-19(2)13-18(22-16-11-7-4-8-12-16)17(20)14-21-15-9-5-3-6-10-15/h3-13H,14H2,1-2H3/b18-13-. The maximum Gasteiger partial charge on any atom is 0.208 e. The van der Waals surface area contributed by atoms with Gasteiger partial charge in [-0.3, -0.25) is 4.79 Å². The van der Waals surface area contributed by atoms with Crippen LogP contribution in [0.15, 0.2) is 76.7 Å². The van der Waals surface area contributed by atoms with E-state index in [9.17, 15) is 4.79 Å². The number of ketones is 1. The molecule has 4 heteroatoms. The van der Waals surface area contributed by atoms with Gasteiger partial charge in [-0.1, -0.05) is 48.2 Å². The fourth-order valence-corrected chi connectivity index (χ4v) is 2.73. The van der Waals surface area contributed by atoms with Gasteiger partial charge in [-0.2, -0.15) is 0 Å². The molecule has 0 unspecified atom stereocenters. The Morgan fingerprint density at radius 1 is 1.05 bits per heavy atom. The third-order valence-corrected chi connectivity index (χ3v) is 3.80. The van der Waals surface area contributed by atoms with E-state index < -0.39 is 0 Å². The number of carbonyl (C=O) groups excluding carboxylic acids is 1. The monoisotopic (exact) mass is 313 g/mol. The van der Waals surface area contributed by atoms with Gasteiger partial charge in [0.2, 0.25) is 5.78 Å². The van der Waals surface area contributed by atoms with E-state index in [4.69, 9.17) is 4.74 Å². The lowest BCUT2D eigenvalue weighted by Crippen LogP contribution is -2.15. The molecule has 0 amide bonds. The molecule has 0 spiro atoms. The zero-order valence-electron chi connectivity index (χ0n) is 12.7. The maximum absolute atomic E-state index is 12.4. The van der Waals surface area contributed by atoms with Crippen molar-refractivity contribution >= 4 is 17.5 Å². The molecule has 0 aliphatic carbocycles. The van der Waals surface area contributed by atoms with Gasteiger partial charge in [0, 0.05) is 25.2 Å². The summed E-state index contributed by atoms with van der Waals surface area (Å²) in [4.78, 5) is 16.0. The molecular formula is C18H19NO2S. The summed E-state index contributed by atoms with van der Waals surface area (Å²) in [6, 6.07) is 19.2. The molecule has 0 fully saturated rings. The molecule has 22 heavy (non-hydrogen) atoms. The molecule has 2 rings (SSSR count). The Morgan fingerprint density at radius 3 is 2.23 bits per heavy atom. The third kappa shape index (κ3) is 5.30. The Labute approximate surface area is 135 Å². The summed E-state index contributed by atoms with van der Waals surface area (Å²) < 4.78 is 5.55. The van der Waals surface area contributed by atoms with Gasteiger partial charge in [0.05, 0.1) is 4.91 Å². The Bertz CT molecular complexity index is 624. The average molecular weight is 313 g/mol. The first-order valence-corrected chi connectivity index (χ1v) is 7.79. The van der Waals surface area contributed by atoms with E-state index in [2.05, 4.69) is 0 Å². The molecule has 0 heterocycles. The summed E-state index contributed by atoms with van der Waals surface area (Å²) >= 11 is 1.45. The lowest BCUT2D eigenvalue weighted by Gasteiger charge is -2.12. The van der Waals surface area contributed by atoms with E-state index in [-0.39, 0.29) is 12.4 Å². The summed E-state index contributed by atoms with van der Waals surface area (Å²) in [6.45, 7) is 0.0313. The van der Waals surface area contributed by atoms with Crippen LogP contribution in [0, 0.1) is 0 Å². The van der Waals surface area contributed by atoms with Gasteiger partial charge >= 0.3 is 0 Å². The van der Waals surface area contributed by atoms with Crippen LogP contribution in [0.25, 0.3) is 0 Å². The molecule has 0 radical (unpaired) electrons. The second-order valence-corrected chi connectivity index (χ2v) is 6.01. The van der Waals surface area contributed by atoms with E-state index >= 15 is 0 Å². The van der Waals surface area contributed by atoms with Crippen molar-refractivity contribution in [2.24, 2.45) is 0 Å². The highest BCUT2D eigenvalue weighted by atomic mass is 32.2. The van der Waals surface area contributed by atoms with Crippen LogP contribution in [0.5, 0.6) is 5.75 Å². The molecule has 0 aliphatic rings. The van der Waals surface area contributed by atoms with E-state index in [0.717, 1.165) is 4.90 Å². The van der Waals surface area contributed by atoms with Crippen molar-refractivity contribution in [1.29, 1.82) is 0 Å². The smallest absolute Gasteiger partial charge is 0.208 e. The number of ether oxygens (including phenoxy) is 1. The normalized spacial score (nSPS) is 11.1. The molecule has 0 aromatic heterocycles. The molecule has 114 valence electrons. The van der Waals surface area contributed by atoms with Crippen molar-refractivity contribution in [2.45, 2.75) is 4.90 Å². The summed E-state index contributed by atoms with van der Waals surface area (Å²) in [5.74, 6) is 0.663. The van der Waals surface area contributed by atoms with Crippen LogP contribution < -0.4 is 4.74 Å². The van der Waals surface area contributed by atoms with Crippen LogP contribution in [0.3, 0.4) is 0 Å². The number of carbonyl (C=O) groups is 1. The molecule has 3 nitrogen and oxygen atoms in total. The van der Waals surface area contributed by atoms with E-state index in [1.54, 1.807) is 0 Å². The average Bonchev–Trinajstić information content (AvgIpc) is 2.53. The van der Waals surface area contributed by atoms with Crippen LogP contribution in [0.2, 0.25) is 0 Å². The van der Waals surface area contributed by atoms with Crippen LogP contribution in [-0.2, 0) is 4.79 Å². The molecule has 2 aromatic carbocycles. The third-order valence-electron chi connectivity index (χ3n) is 2.73. The van der Waals surface area contributed by atoms with Crippen LogP contribution >= 0.6 is 11.8 Å². The summed E-state index contributed by atoms with van der Waals surface area (Å²) in [5.41, 5.74) is 0. The molecule has 0 bridgehead atoms. The van der Waals surface area contributed by atoms with Crippen molar-refractivity contribution in [3.63, 3.8) is 0 Å². The number of hydrogen-bond donors (Lipinski definition) is 0. The first kappa shape index (κ1) is 16.2. The number of rotatable bonds is 7. The highest BCUT2D eigenvalue weighted by molar-refractivity contribution is 8.04. The van der Waals surface area contributed by atoms with Crippen LogP contribution in [0.4, 0.5) is 0 Å². The van der Waals surface area contributed by atoms with Gasteiger partial charge in [0.15, 0.2) is 6.61 Å². The number of thioether (sulfide) groups is 1. The molecule has 0 aliphatic heterocycles. The van der Waals surface area contributed by atoms with Gasteiger partial charge in [-0.25, -0.2) is 0 Å². The fourth-order valence-electron chi connectivity index (χ4n) is 1.74. The van der Waals surface area contributed by atoms with Crippen molar-refractivity contribution in [1.82, 2.24) is 4.90 Å². The first-order chi connectivity index (χ1) is 10.6. The van der Waals surface area contributed by atoms with E-state index in [1.807, 2.05) is 85.9 Å². The minimum atomic E-state index is -0.0357. The summed E-state index contributed by atoms with van der Waals surface area (Å²) in [5, 5.41) is 0. The number of para-hydroxylation sites is 1. The number of benzene rings is 2. The SMILES string of the molecule is CN(C)/C=C(\Sc1ccccc1)C(=O)COc1ccccc1. The zero-order chi connectivity index (χ0) is 15.8. The highest BCUT2D eigenvalue weighted by Crippen LogP contribution is 2.27. The molecule has 0 N–H and O–H groups in total. The first-order valence-electron chi connectivity index (χ1n) is 6.97. The number of Topliss-reactive ketones (excluding diaryl/α,β-unsaturated/α-hetero) is 1. The van der Waals surface area contributed by atoms with Crippen molar-refractivity contribution in [3.8, 4) is 5.75 Å². The van der Waals surface area contributed by atoms with Gasteiger partial charge in [0.1, 0.15) is 5.75 Å². The Kier molecular flexibility index (Phi) is 6.10. The Morgan fingerprint density at radius 2 is 1.64 bits per heavy atom. The summed E-state index contributed by atoms with van der Waals surface area (Å²) in [6.07, 6.45) is 1.83. The number of hydrogen-bond acceptors (Lipinski definition) is 4. The lowest BCUT2D eigenvalue weighted by atomic mass is 10.3. The predicted molar refractivity (Wildman–Crippen MR) is 91.0 cm³/mol. The van der Waals surface area contributed by atoms with E-state index in [0.29, 0.717) is 10.7 Å². The molecule has 0 saturated carbocycles. The van der Waals surface area contributed by atoms with Gasteiger partial charge in [-0.15, -0.1) is 0 Å². The minimum absolute atomic E-state index is 0.0313. The second-order valence-electron chi connectivity index (χ2n) is 4.90. The molecule has 2 aromatic rings. The van der Waals surface area contributed by atoms with Crippen LogP contribution in [-0.4, -0.2) is 31.4 Å². The van der Waals surface area contributed by atoms with Crippen molar-refractivity contribution in [2.75, 3.05) is 20.7 Å². The largest absolute Gasteiger partial charge is 0.485 e. The van der Waals surface area contributed by atoms with Crippen molar-refractivity contribution < 1.29 is 9.53 Å². The topological polar surface area (TPSA) is 29.5 Å². The Hall–Kier alpha value is -2.20. The molecular weight excluding hydrogens is 294 g/mol. The van der Waals surface area contributed by atoms with Gasteiger partial charge in [0.25, 0.3) is 0 Å².